The molecular weight excluding hydrogens is 666 g/mol. The number of ether oxygens (including phenoxy) is 1. The number of hydrogen-bond donors (Lipinski definition) is 6. The first-order valence-electron chi connectivity index (χ1n) is 17.1. The lowest BCUT2D eigenvalue weighted by atomic mass is 10.1. The number of aliphatic hydroxyl groups is 1. The van der Waals surface area contributed by atoms with Gasteiger partial charge >= 0.3 is 17.9 Å². The highest BCUT2D eigenvalue weighted by Crippen LogP contribution is 2.19. The van der Waals surface area contributed by atoms with E-state index in [2.05, 4.69) is 25.3 Å². The summed E-state index contributed by atoms with van der Waals surface area (Å²) >= 11 is 0. The fourth-order valence-electron chi connectivity index (χ4n) is 5.96. The zero-order valence-corrected chi connectivity index (χ0v) is 29.4. The maximum atomic E-state index is 13.2. The average Bonchev–Trinajstić information content (AvgIpc) is 3.06. The van der Waals surface area contributed by atoms with Crippen molar-refractivity contribution >= 4 is 46.3 Å². The molecule has 1 fully saturated rings. The third-order valence-electron chi connectivity index (χ3n) is 8.73. The Bertz CT molecular complexity index is 1520. The van der Waals surface area contributed by atoms with Crippen LogP contribution in [-0.2, 0) is 28.7 Å². The number of fused-ring (bicyclic) bond motifs is 1. The molecular formula is C34H51N7O10. The number of nitrogens with one attached hydrogen (secondary N) is 3. The number of nitrogens with zero attached hydrogens (tertiary/aromatic N) is 4. The van der Waals surface area contributed by atoms with E-state index >= 15 is 0 Å². The molecule has 1 aliphatic rings. The van der Waals surface area contributed by atoms with Gasteiger partial charge in [-0.2, -0.15) is 0 Å². The number of rotatable bonds is 16. The fraction of sp³-hybridized carbons (Fsp3) is 0.588. The first kappa shape index (κ1) is 41.0. The maximum Gasteiger partial charge on any atom is 0.330 e. The van der Waals surface area contributed by atoms with Gasteiger partial charge in [-0.3, -0.25) is 38.7 Å². The van der Waals surface area contributed by atoms with Crippen molar-refractivity contribution in [2.75, 3.05) is 97.6 Å². The number of aryl methyl sites for hydroxylation is 1. The average molecular weight is 718 g/mol. The third kappa shape index (κ3) is 14.8. The van der Waals surface area contributed by atoms with Crippen LogP contribution in [-0.4, -0.2) is 168 Å². The minimum absolute atomic E-state index is 0.00229. The Morgan fingerprint density at radius 3 is 1.92 bits per heavy atom. The number of esters is 1. The zero-order valence-electron chi connectivity index (χ0n) is 29.4. The van der Waals surface area contributed by atoms with Crippen molar-refractivity contribution < 1.29 is 44.0 Å². The number of benzene rings is 1. The summed E-state index contributed by atoms with van der Waals surface area (Å²) in [4.78, 5) is 82.8. The van der Waals surface area contributed by atoms with Crippen LogP contribution >= 0.6 is 0 Å². The van der Waals surface area contributed by atoms with E-state index in [1.54, 1.807) is 12.1 Å². The SMILES string of the molecule is COC(=O)[C@H](CO)NC(=O)CCCCCN1CCN(CC(=O)O)CCN(CC(=O)Nc2ccc3c(C)cc(=O)[nH]c3c2)CCN(CC(=O)O)CC1. The number of anilines is 1. The molecule has 2 heterocycles. The third-order valence-corrected chi connectivity index (χ3v) is 8.73. The molecule has 17 heteroatoms. The number of carbonyl (C=O) groups excluding carboxylic acids is 3. The summed E-state index contributed by atoms with van der Waals surface area (Å²) in [6, 6.07) is 5.68. The zero-order chi connectivity index (χ0) is 37.3. The van der Waals surface area contributed by atoms with E-state index < -0.39 is 30.6 Å². The van der Waals surface area contributed by atoms with E-state index in [4.69, 9.17) is 0 Å². The number of carboxylic acid groups (broad SMARTS) is 2. The fourth-order valence-corrected chi connectivity index (χ4v) is 5.96. The van der Waals surface area contributed by atoms with Crippen molar-refractivity contribution in [1.82, 2.24) is 29.9 Å². The Balaban J connectivity index is 1.60. The lowest BCUT2D eigenvalue weighted by Gasteiger charge is -2.33. The van der Waals surface area contributed by atoms with Crippen LogP contribution in [0.1, 0.15) is 31.2 Å². The van der Waals surface area contributed by atoms with E-state index in [1.165, 1.54) is 13.2 Å². The molecule has 2 aromatic rings. The van der Waals surface area contributed by atoms with Crippen molar-refractivity contribution in [2.45, 2.75) is 38.6 Å². The summed E-state index contributed by atoms with van der Waals surface area (Å²) in [7, 11) is 1.17. The van der Waals surface area contributed by atoms with E-state index in [0.717, 1.165) is 17.4 Å². The molecule has 51 heavy (non-hydrogen) atoms. The Hall–Kier alpha value is -4.42. The highest BCUT2D eigenvalue weighted by molar-refractivity contribution is 5.95. The van der Waals surface area contributed by atoms with E-state index in [-0.39, 0.29) is 43.4 Å². The van der Waals surface area contributed by atoms with Gasteiger partial charge in [0.05, 0.1) is 38.9 Å². The van der Waals surface area contributed by atoms with Crippen molar-refractivity contribution in [3.8, 4) is 0 Å². The Labute approximate surface area is 296 Å². The van der Waals surface area contributed by atoms with Crippen LogP contribution in [0.25, 0.3) is 10.9 Å². The standard InChI is InChI=1S/C34H51N7O10/c1-24-18-30(44)36-27-19-25(7-8-26(24)27)35-31(45)20-39-14-16-40(21-32(46)47)12-10-38(11-13-41(17-15-39)22-33(48)49)9-5-3-4-6-29(43)37-28(23-42)34(50)51-2/h7-8,18-19,28,42H,3-6,9-17,20-23H2,1-2H3,(H,35,45)(H,36,44)(H,37,43)(H,46,47)(H,48,49)/t28-/m0/s1. The summed E-state index contributed by atoms with van der Waals surface area (Å²) in [5.41, 5.74) is 1.70. The van der Waals surface area contributed by atoms with Crippen LogP contribution in [0.3, 0.4) is 0 Å². The first-order valence-corrected chi connectivity index (χ1v) is 17.1. The molecule has 3 rings (SSSR count). The monoisotopic (exact) mass is 717 g/mol. The predicted molar refractivity (Wildman–Crippen MR) is 188 cm³/mol. The number of aliphatic carboxylic acids is 2. The molecule has 17 nitrogen and oxygen atoms in total. The Morgan fingerprint density at radius 2 is 1.37 bits per heavy atom. The van der Waals surface area contributed by atoms with Crippen molar-refractivity contribution in [3.05, 3.63) is 40.2 Å². The Kier molecular flexibility index (Phi) is 16.9. The quantitative estimate of drug-likeness (QED) is 0.0941. The first-order chi connectivity index (χ1) is 24.4. The number of aliphatic hydroxyl groups excluding tert-OH is 1. The lowest BCUT2D eigenvalue weighted by Crippen LogP contribution is -2.49. The van der Waals surface area contributed by atoms with Crippen LogP contribution in [0.15, 0.2) is 29.1 Å². The van der Waals surface area contributed by atoms with E-state index in [1.807, 2.05) is 27.7 Å². The topological polar surface area (TPSA) is 225 Å². The molecule has 0 bridgehead atoms. The molecule has 6 N–H and O–H groups in total. The number of aromatic nitrogens is 1. The summed E-state index contributed by atoms with van der Waals surface area (Å²) in [5, 5.41) is 34.7. The summed E-state index contributed by atoms with van der Waals surface area (Å²) < 4.78 is 4.56. The molecule has 1 aromatic carbocycles. The van der Waals surface area contributed by atoms with Crippen LogP contribution in [0.4, 0.5) is 5.69 Å². The summed E-state index contributed by atoms with van der Waals surface area (Å²) in [6.45, 7) is 5.03. The molecule has 0 aliphatic carbocycles. The van der Waals surface area contributed by atoms with Crippen molar-refractivity contribution in [2.24, 2.45) is 0 Å². The molecule has 0 spiro atoms. The molecule has 0 saturated carbocycles. The van der Waals surface area contributed by atoms with Crippen LogP contribution in [0, 0.1) is 6.92 Å². The normalized spacial score (nSPS) is 16.5. The highest BCUT2D eigenvalue weighted by atomic mass is 16.5. The number of carbonyl (C=O) groups is 5. The number of pyridine rings is 1. The minimum Gasteiger partial charge on any atom is -0.480 e. The Morgan fingerprint density at radius 1 is 0.804 bits per heavy atom. The molecule has 1 saturated heterocycles. The van der Waals surface area contributed by atoms with Crippen molar-refractivity contribution in [1.29, 1.82) is 0 Å². The molecule has 1 aromatic heterocycles. The second kappa shape index (κ2) is 21.1. The second-order valence-corrected chi connectivity index (χ2v) is 12.7. The molecule has 1 atom stereocenters. The molecule has 0 radical (unpaired) electrons. The van der Waals surface area contributed by atoms with Crippen LogP contribution in [0.2, 0.25) is 0 Å². The van der Waals surface area contributed by atoms with E-state index in [0.29, 0.717) is 82.9 Å². The maximum absolute atomic E-state index is 13.2. The van der Waals surface area contributed by atoms with Gasteiger partial charge in [-0.15, -0.1) is 0 Å². The number of amides is 2. The lowest BCUT2D eigenvalue weighted by molar-refractivity contribution is -0.146. The van der Waals surface area contributed by atoms with Gasteiger partial charge in [-0.25, -0.2) is 4.79 Å². The number of aromatic amines is 1. The number of hydrogen-bond acceptors (Lipinski definition) is 12. The smallest absolute Gasteiger partial charge is 0.330 e. The van der Waals surface area contributed by atoms with E-state index in [9.17, 15) is 44.1 Å². The highest BCUT2D eigenvalue weighted by Gasteiger charge is 2.22. The number of methoxy groups -OCH3 is 1. The summed E-state index contributed by atoms with van der Waals surface area (Å²) in [6.07, 6.45) is 2.17. The van der Waals surface area contributed by atoms with Crippen LogP contribution < -0.4 is 16.2 Å². The number of unbranched alkanes of at least 4 members (excludes halogenated alkanes) is 2. The van der Waals surface area contributed by atoms with Gasteiger partial charge in [0.25, 0.3) is 0 Å². The molecule has 0 unspecified atom stereocenters. The summed E-state index contributed by atoms with van der Waals surface area (Å²) in [5.74, 6) is -3.33. The molecule has 282 valence electrons. The van der Waals surface area contributed by atoms with Gasteiger partial charge in [-0.1, -0.05) is 12.5 Å². The van der Waals surface area contributed by atoms with Gasteiger partial charge in [-0.05, 0) is 44.0 Å². The van der Waals surface area contributed by atoms with Gasteiger partial charge in [0.15, 0.2) is 6.04 Å². The molecule has 1 aliphatic heterocycles. The van der Waals surface area contributed by atoms with Gasteiger partial charge in [0, 0.05) is 75.9 Å². The number of H-pyrrole nitrogens is 1. The van der Waals surface area contributed by atoms with Crippen molar-refractivity contribution in [3.63, 3.8) is 0 Å². The van der Waals surface area contributed by atoms with Gasteiger partial charge < -0.3 is 40.6 Å². The van der Waals surface area contributed by atoms with Gasteiger partial charge in [0.2, 0.25) is 17.4 Å². The second-order valence-electron chi connectivity index (χ2n) is 12.7. The van der Waals surface area contributed by atoms with Gasteiger partial charge in [0.1, 0.15) is 0 Å². The largest absolute Gasteiger partial charge is 0.480 e. The van der Waals surface area contributed by atoms with Crippen LogP contribution in [0.5, 0.6) is 0 Å². The molecule has 2 amide bonds. The predicted octanol–water partition coefficient (Wildman–Crippen LogP) is -0.624. The number of carboxylic acids is 2. The minimum atomic E-state index is -1.11.